The van der Waals surface area contributed by atoms with Crippen molar-refractivity contribution < 1.29 is 14.3 Å². The van der Waals surface area contributed by atoms with Crippen molar-refractivity contribution in [3.8, 4) is 11.9 Å². The molecule has 1 aliphatic carbocycles. The highest BCUT2D eigenvalue weighted by molar-refractivity contribution is 5.79. The smallest absolute Gasteiger partial charge is 0.310 e. The molecule has 0 bridgehead atoms. The van der Waals surface area contributed by atoms with Crippen molar-refractivity contribution in [1.82, 2.24) is 4.98 Å². The van der Waals surface area contributed by atoms with Gasteiger partial charge in [-0.1, -0.05) is 0 Å². The molecular weight excluding hydrogens is 220 g/mol. The molecule has 1 saturated carbocycles. The van der Waals surface area contributed by atoms with Crippen LogP contribution in [0, 0.1) is 23.2 Å². The zero-order chi connectivity index (χ0) is 12.4. The van der Waals surface area contributed by atoms with Gasteiger partial charge in [0.1, 0.15) is 0 Å². The molecular formula is C12H12N2O3. The number of pyridine rings is 1. The lowest BCUT2D eigenvalue weighted by Gasteiger charge is -2.02. The molecule has 88 valence electrons. The van der Waals surface area contributed by atoms with Gasteiger partial charge in [-0.3, -0.25) is 4.79 Å². The van der Waals surface area contributed by atoms with E-state index in [9.17, 15) is 4.79 Å². The summed E-state index contributed by atoms with van der Waals surface area (Å²) in [5.41, 5.74) is 0.888. The first kappa shape index (κ1) is 11.4. The standard InChI is InChI=1S/C12H12N2O3/c1-16-9-5-7(3-4-14-9)10-8(6-13)11(10)12(15)17-2/h3-5,8,10-11H,1-2H3. The first-order valence-electron chi connectivity index (χ1n) is 5.20. The predicted molar refractivity (Wildman–Crippen MR) is 58.1 cm³/mol. The second-order valence-corrected chi connectivity index (χ2v) is 3.86. The van der Waals surface area contributed by atoms with Crippen molar-refractivity contribution in [2.24, 2.45) is 11.8 Å². The molecule has 5 nitrogen and oxygen atoms in total. The summed E-state index contributed by atoms with van der Waals surface area (Å²) in [4.78, 5) is 15.4. The largest absolute Gasteiger partial charge is 0.481 e. The maximum absolute atomic E-state index is 11.5. The summed E-state index contributed by atoms with van der Waals surface area (Å²) in [6.07, 6.45) is 1.61. The minimum absolute atomic E-state index is 0.107. The molecule has 0 N–H and O–H groups in total. The van der Waals surface area contributed by atoms with Gasteiger partial charge in [0, 0.05) is 18.2 Å². The Morgan fingerprint density at radius 1 is 1.53 bits per heavy atom. The maximum atomic E-state index is 11.5. The molecule has 0 aromatic carbocycles. The van der Waals surface area contributed by atoms with Crippen LogP contribution in [0.3, 0.4) is 0 Å². The van der Waals surface area contributed by atoms with Crippen molar-refractivity contribution in [3.05, 3.63) is 23.9 Å². The summed E-state index contributed by atoms with van der Waals surface area (Å²) in [7, 11) is 2.86. The van der Waals surface area contributed by atoms with Crippen molar-refractivity contribution in [2.45, 2.75) is 5.92 Å². The number of nitriles is 1. The molecule has 1 aromatic rings. The fourth-order valence-electron chi connectivity index (χ4n) is 2.06. The second kappa shape index (κ2) is 4.42. The monoisotopic (exact) mass is 232 g/mol. The van der Waals surface area contributed by atoms with E-state index in [0.717, 1.165) is 5.56 Å². The molecule has 0 radical (unpaired) electrons. The third-order valence-corrected chi connectivity index (χ3v) is 3.00. The zero-order valence-electron chi connectivity index (χ0n) is 9.58. The Bertz CT molecular complexity index is 481. The van der Waals surface area contributed by atoms with Crippen LogP contribution in [0.25, 0.3) is 0 Å². The van der Waals surface area contributed by atoms with Crippen molar-refractivity contribution in [1.29, 1.82) is 5.26 Å². The minimum atomic E-state index is -0.364. The van der Waals surface area contributed by atoms with Crippen LogP contribution in [0.15, 0.2) is 18.3 Å². The molecule has 0 aliphatic heterocycles. The van der Waals surface area contributed by atoms with Crippen LogP contribution in [-0.4, -0.2) is 25.2 Å². The van der Waals surface area contributed by atoms with Gasteiger partial charge in [-0.05, 0) is 11.6 Å². The lowest BCUT2D eigenvalue weighted by Crippen LogP contribution is -2.05. The van der Waals surface area contributed by atoms with Gasteiger partial charge in [0.15, 0.2) is 0 Å². The van der Waals surface area contributed by atoms with Crippen LogP contribution < -0.4 is 4.74 Å². The molecule has 1 fully saturated rings. The van der Waals surface area contributed by atoms with E-state index in [-0.39, 0.29) is 23.7 Å². The van der Waals surface area contributed by atoms with Crippen LogP contribution in [-0.2, 0) is 9.53 Å². The number of rotatable bonds is 3. The summed E-state index contributed by atoms with van der Waals surface area (Å²) in [6, 6.07) is 5.67. The van der Waals surface area contributed by atoms with Gasteiger partial charge in [0.25, 0.3) is 0 Å². The van der Waals surface area contributed by atoms with Crippen LogP contribution in [0.1, 0.15) is 11.5 Å². The molecule has 1 heterocycles. The van der Waals surface area contributed by atoms with Crippen molar-refractivity contribution in [3.63, 3.8) is 0 Å². The van der Waals surface area contributed by atoms with E-state index in [1.165, 1.54) is 14.2 Å². The highest BCUT2D eigenvalue weighted by Crippen LogP contribution is 2.54. The molecule has 1 aliphatic rings. The lowest BCUT2D eigenvalue weighted by atomic mass is 10.1. The molecule has 2 rings (SSSR count). The van der Waals surface area contributed by atoms with Crippen LogP contribution in [0.5, 0.6) is 5.88 Å². The Morgan fingerprint density at radius 2 is 2.29 bits per heavy atom. The van der Waals surface area contributed by atoms with Crippen LogP contribution in [0.4, 0.5) is 0 Å². The summed E-state index contributed by atoms with van der Waals surface area (Å²) in [5, 5.41) is 8.97. The van der Waals surface area contributed by atoms with E-state index in [1.54, 1.807) is 18.3 Å². The fraction of sp³-hybridized carbons (Fsp3) is 0.417. The van der Waals surface area contributed by atoms with E-state index in [0.29, 0.717) is 5.88 Å². The molecule has 17 heavy (non-hydrogen) atoms. The maximum Gasteiger partial charge on any atom is 0.310 e. The average molecular weight is 232 g/mol. The van der Waals surface area contributed by atoms with E-state index in [2.05, 4.69) is 15.8 Å². The number of esters is 1. The van der Waals surface area contributed by atoms with E-state index >= 15 is 0 Å². The quantitative estimate of drug-likeness (QED) is 0.730. The fourth-order valence-corrected chi connectivity index (χ4v) is 2.06. The lowest BCUT2D eigenvalue weighted by molar-refractivity contribution is -0.142. The molecule has 3 atom stereocenters. The third kappa shape index (κ3) is 1.94. The summed E-state index contributed by atoms with van der Waals surface area (Å²) in [6.45, 7) is 0. The number of nitrogens with zero attached hydrogens (tertiary/aromatic N) is 2. The number of methoxy groups -OCH3 is 2. The van der Waals surface area contributed by atoms with Crippen LogP contribution in [0.2, 0.25) is 0 Å². The molecule has 1 aromatic heterocycles. The molecule has 0 saturated heterocycles. The van der Waals surface area contributed by atoms with Gasteiger partial charge in [0.05, 0.1) is 32.1 Å². The second-order valence-electron chi connectivity index (χ2n) is 3.86. The van der Waals surface area contributed by atoms with Gasteiger partial charge in [-0.15, -0.1) is 0 Å². The number of carbonyl (C=O) groups is 1. The number of aromatic nitrogens is 1. The molecule has 3 unspecified atom stereocenters. The number of ether oxygens (including phenoxy) is 2. The number of hydrogen-bond donors (Lipinski definition) is 0. The van der Waals surface area contributed by atoms with Gasteiger partial charge in [-0.25, -0.2) is 4.98 Å². The topological polar surface area (TPSA) is 72.2 Å². The molecule has 0 spiro atoms. The number of hydrogen-bond acceptors (Lipinski definition) is 5. The highest BCUT2D eigenvalue weighted by atomic mass is 16.5. The van der Waals surface area contributed by atoms with Gasteiger partial charge in [-0.2, -0.15) is 5.26 Å². The first-order chi connectivity index (χ1) is 8.22. The Labute approximate surface area is 99.0 Å². The Hall–Kier alpha value is -2.09. The minimum Gasteiger partial charge on any atom is -0.481 e. The predicted octanol–water partition coefficient (Wildman–Crippen LogP) is 1.12. The SMILES string of the molecule is COC(=O)C1C(C#N)C1c1ccnc(OC)c1. The third-order valence-electron chi connectivity index (χ3n) is 3.00. The summed E-state index contributed by atoms with van der Waals surface area (Å²) >= 11 is 0. The first-order valence-corrected chi connectivity index (χ1v) is 5.20. The van der Waals surface area contributed by atoms with Gasteiger partial charge in [0.2, 0.25) is 5.88 Å². The van der Waals surface area contributed by atoms with E-state index in [4.69, 9.17) is 10.00 Å². The zero-order valence-corrected chi connectivity index (χ0v) is 9.58. The van der Waals surface area contributed by atoms with E-state index in [1.807, 2.05) is 0 Å². The Kier molecular flexibility index (Phi) is 2.96. The Balaban J connectivity index is 2.23. The highest BCUT2D eigenvalue weighted by Gasteiger charge is 2.57. The summed E-state index contributed by atoms with van der Waals surface area (Å²) < 4.78 is 9.69. The molecule has 0 amide bonds. The normalized spacial score (nSPS) is 25.8. The van der Waals surface area contributed by atoms with E-state index < -0.39 is 0 Å². The van der Waals surface area contributed by atoms with Gasteiger partial charge >= 0.3 is 5.97 Å². The van der Waals surface area contributed by atoms with Crippen molar-refractivity contribution in [2.75, 3.05) is 14.2 Å². The number of carbonyl (C=O) groups excluding carboxylic acids is 1. The Morgan fingerprint density at radius 3 is 2.88 bits per heavy atom. The van der Waals surface area contributed by atoms with Crippen molar-refractivity contribution >= 4 is 5.97 Å². The summed E-state index contributed by atoms with van der Waals surface area (Å²) in [5.74, 6) is -0.636. The van der Waals surface area contributed by atoms with Crippen LogP contribution >= 0.6 is 0 Å². The average Bonchev–Trinajstić information content (AvgIpc) is 3.12. The molecule has 5 heteroatoms. The van der Waals surface area contributed by atoms with Gasteiger partial charge < -0.3 is 9.47 Å².